The van der Waals surface area contributed by atoms with Crippen LogP contribution in [0.5, 0.6) is 11.5 Å². The van der Waals surface area contributed by atoms with Crippen molar-refractivity contribution in [1.29, 1.82) is 0 Å². The van der Waals surface area contributed by atoms with Crippen LogP contribution in [0.1, 0.15) is 260 Å². The Labute approximate surface area is 409 Å². The van der Waals surface area contributed by atoms with Gasteiger partial charge in [-0.15, -0.1) is 25.3 Å². The van der Waals surface area contributed by atoms with Crippen LogP contribution in [0.2, 0.25) is 0 Å². The standard InChI is InChI=1S/C57H96O6S2/c1-17-19-21-23-25-27-29-31-33-55(15,64)62-49(60)57(50(61)63-56(16,65)34-32-30-28-26-24-22-20-18-2,39-41-35-43(51(3,4)5)47(58)44(36-41)52(6,7)8)40-42-37-45(53(9,10)11)48(59)46(38-42)54(12,13)14/h35-38,58-59,64-65H,17-34,39-40H2,1-16H3. The lowest BCUT2D eigenvalue weighted by molar-refractivity contribution is -0.181. The predicted octanol–water partition coefficient (Wildman–Crippen LogP) is 16.5. The van der Waals surface area contributed by atoms with Gasteiger partial charge in [0.15, 0.2) is 15.3 Å². The average molecular weight is 942 g/mol. The van der Waals surface area contributed by atoms with Crippen molar-refractivity contribution in [2.24, 2.45) is 5.41 Å². The zero-order valence-corrected chi connectivity index (χ0v) is 46.2. The van der Waals surface area contributed by atoms with E-state index in [1.54, 1.807) is 0 Å². The minimum Gasteiger partial charge on any atom is -0.507 e. The molecular weight excluding hydrogens is 845 g/mol. The molecule has 0 saturated carbocycles. The summed E-state index contributed by atoms with van der Waals surface area (Å²) in [7, 11) is 0. The van der Waals surface area contributed by atoms with Crippen LogP contribution < -0.4 is 0 Å². The number of esters is 2. The monoisotopic (exact) mass is 941 g/mol. The number of hydrogen-bond donors (Lipinski definition) is 4. The number of aromatic hydroxyl groups is 2. The number of rotatable bonds is 26. The second-order valence-corrected chi connectivity index (χ2v) is 26.0. The van der Waals surface area contributed by atoms with E-state index in [4.69, 9.17) is 34.7 Å². The van der Waals surface area contributed by atoms with Crippen molar-refractivity contribution in [1.82, 2.24) is 0 Å². The Morgan fingerprint density at radius 1 is 0.431 bits per heavy atom. The molecule has 0 bridgehead atoms. The highest BCUT2D eigenvalue weighted by Crippen LogP contribution is 2.46. The molecule has 0 aliphatic heterocycles. The van der Waals surface area contributed by atoms with Crippen molar-refractivity contribution in [2.45, 2.75) is 271 Å². The van der Waals surface area contributed by atoms with E-state index < -0.39 is 48.9 Å². The molecule has 2 aromatic carbocycles. The van der Waals surface area contributed by atoms with Crippen LogP contribution in [-0.2, 0) is 53.6 Å². The molecule has 0 heterocycles. The van der Waals surface area contributed by atoms with Gasteiger partial charge in [-0.1, -0.05) is 211 Å². The lowest BCUT2D eigenvalue weighted by Crippen LogP contribution is -2.50. The number of hydrogen-bond acceptors (Lipinski definition) is 8. The maximum absolute atomic E-state index is 15.6. The minimum absolute atomic E-state index is 0.0586. The molecule has 0 spiro atoms. The van der Waals surface area contributed by atoms with Crippen molar-refractivity contribution < 1.29 is 29.3 Å². The molecule has 0 aromatic heterocycles. The molecule has 0 aliphatic rings. The van der Waals surface area contributed by atoms with Crippen LogP contribution in [-0.4, -0.2) is 32.0 Å². The van der Waals surface area contributed by atoms with E-state index in [0.717, 1.165) is 60.8 Å². The summed E-state index contributed by atoms with van der Waals surface area (Å²) in [6.45, 7) is 32.8. The Hall–Kier alpha value is -2.32. The molecule has 2 N–H and O–H groups in total. The Kier molecular flexibility index (Phi) is 22.4. The summed E-state index contributed by atoms with van der Waals surface area (Å²) in [5.74, 6) is -0.981. The molecule has 2 unspecified atom stereocenters. The van der Waals surface area contributed by atoms with Gasteiger partial charge in [0, 0.05) is 0 Å². The van der Waals surface area contributed by atoms with Gasteiger partial charge >= 0.3 is 11.9 Å². The van der Waals surface area contributed by atoms with E-state index in [9.17, 15) is 10.2 Å². The third-order valence-electron chi connectivity index (χ3n) is 13.0. The van der Waals surface area contributed by atoms with Gasteiger partial charge in [-0.2, -0.15) is 0 Å². The summed E-state index contributed by atoms with van der Waals surface area (Å²) in [5.41, 5.74) is 0.616. The highest BCUT2D eigenvalue weighted by Gasteiger charge is 2.53. The Morgan fingerprint density at radius 3 is 0.892 bits per heavy atom. The maximum atomic E-state index is 15.6. The Morgan fingerprint density at radius 2 is 0.662 bits per heavy atom. The first-order valence-electron chi connectivity index (χ1n) is 25.5. The van der Waals surface area contributed by atoms with Crippen LogP contribution in [0, 0.1) is 5.41 Å². The van der Waals surface area contributed by atoms with Crippen molar-refractivity contribution in [2.75, 3.05) is 0 Å². The van der Waals surface area contributed by atoms with E-state index in [2.05, 4.69) is 96.9 Å². The molecule has 0 saturated heterocycles. The third-order valence-corrected chi connectivity index (χ3v) is 13.6. The number of phenolic OH excluding ortho intramolecular Hbond substituents is 2. The van der Waals surface area contributed by atoms with Crippen molar-refractivity contribution in [3.05, 3.63) is 57.6 Å². The van der Waals surface area contributed by atoms with E-state index in [-0.39, 0.29) is 24.3 Å². The number of thiol groups is 2. The number of unbranched alkanes of at least 4 members (excludes halogenated alkanes) is 14. The highest BCUT2D eigenvalue weighted by atomic mass is 32.1. The van der Waals surface area contributed by atoms with Crippen LogP contribution in [0.15, 0.2) is 24.3 Å². The fourth-order valence-corrected chi connectivity index (χ4v) is 9.36. The molecule has 0 amide bonds. The molecule has 372 valence electrons. The summed E-state index contributed by atoms with van der Waals surface area (Å²) < 4.78 is 13.1. The Bertz CT molecular complexity index is 1600. The SMILES string of the molecule is CCCCCCCCCCC(C)(S)OC(=O)C(Cc1cc(C(C)(C)C)c(O)c(C(C)(C)C)c1)(Cc1cc(C(C)(C)C)c(O)c(C(C)(C)C)c1)C(=O)OC(C)(S)CCCCCCCCCC. The molecule has 0 fully saturated rings. The van der Waals surface area contributed by atoms with Crippen molar-refractivity contribution >= 4 is 37.2 Å². The smallest absolute Gasteiger partial charge is 0.325 e. The van der Waals surface area contributed by atoms with Crippen molar-refractivity contribution in [3.8, 4) is 11.5 Å². The number of carbonyl (C=O) groups excluding carboxylic acids is 2. The normalized spacial score (nSPS) is 14.8. The lowest BCUT2D eigenvalue weighted by atomic mass is 9.71. The van der Waals surface area contributed by atoms with Crippen molar-refractivity contribution in [3.63, 3.8) is 0 Å². The summed E-state index contributed by atoms with van der Waals surface area (Å²) in [6, 6.07) is 7.77. The first kappa shape index (κ1) is 58.8. The fraction of sp³-hybridized carbons (Fsp3) is 0.754. The molecule has 0 aliphatic carbocycles. The number of phenols is 2. The second kappa shape index (κ2) is 24.8. The zero-order valence-electron chi connectivity index (χ0n) is 44.4. The van der Waals surface area contributed by atoms with Gasteiger partial charge in [-0.3, -0.25) is 9.59 Å². The van der Waals surface area contributed by atoms with Gasteiger partial charge in [-0.25, -0.2) is 0 Å². The zero-order chi connectivity index (χ0) is 49.7. The van der Waals surface area contributed by atoms with E-state index in [1.807, 2.05) is 38.1 Å². The molecule has 65 heavy (non-hydrogen) atoms. The van der Waals surface area contributed by atoms with E-state index in [0.29, 0.717) is 24.0 Å². The first-order valence-corrected chi connectivity index (χ1v) is 26.4. The van der Waals surface area contributed by atoms with Gasteiger partial charge in [0.1, 0.15) is 11.5 Å². The predicted molar refractivity (Wildman–Crippen MR) is 282 cm³/mol. The molecule has 2 rings (SSSR count). The first-order chi connectivity index (χ1) is 29.8. The fourth-order valence-electron chi connectivity index (χ4n) is 8.88. The number of benzene rings is 2. The van der Waals surface area contributed by atoms with Crippen LogP contribution in [0.25, 0.3) is 0 Å². The van der Waals surface area contributed by atoms with Gasteiger partial charge in [-0.05, 0) is 107 Å². The van der Waals surface area contributed by atoms with E-state index >= 15 is 9.59 Å². The summed E-state index contributed by atoms with van der Waals surface area (Å²) in [4.78, 5) is 28.9. The number of carbonyl (C=O) groups is 2. The van der Waals surface area contributed by atoms with Crippen LogP contribution in [0.4, 0.5) is 0 Å². The maximum Gasteiger partial charge on any atom is 0.325 e. The summed E-state index contributed by atoms with van der Waals surface area (Å²) in [6.07, 6.45) is 19.1. The average Bonchev–Trinajstić information content (AvgIpc) is 3.15. The van der Waals surface area contributed by atoms with Gasteiger partial charge in [0.2, 0.25) is 0 Å². The number of ether oxygens (including phenoxy) is 2. The molecular formula is C57H96O6S2. The van der Waals surface area contributed by atoms with Gasteiger partial charge < -0.3 is 19.7 Å². The van der Waals surface area contributed by atoms with Crippen LogP contribution in [0.3, 0.4) is 0 Å². The topological polar surface area (TPSA) is 93.1 Å². The summed E-state index contributed by atoms with van der Waals surface area (Å²) in [5, 5.41) is 23.6. The lowest BCUT2D eigenvalue weighted by Gasteiger charge is -2.37. The highest BCUT2D eigenvalue weighted by molar-refractivity contribution is 7.81. The Balaban J connectivity index is 2.91. The molecule has 8 heteroatoms. The van der Waals surface area contributed by atoms with E-state index in [1.165, 1.54) is 64.2 Å². The van der Waals surface area contributed by atoms with Crippen LogP contribution >= 0.6 is 25.3 Å². The largest absolute Gasteiger partial charge is 0.507 e. The molecule has 0 radical (unpaired) electrons. The molecule has 2 atom stereocenters. The molecule has 2 aromatic rings. The quantitative estimate of drug-likeness (QED) is 0.0247. The molecule has 6 nitrogen and oxygen atoms in total. The minimum atomic E-state index is -1.91. The van der Waals surface area contributed by atoms with Gasteiger partial charge in [0.25, 0.3) is 0 Å². The van der Waals surface area contributed by atoms with Gasteiger partial charge in [0.05, 0.1) is 0 Å². The third kappa shape index (κ3) is 18.9. The summed E-state index contributed by atoms with van der Waals surface area (Å²) >= 11 is 9.99. The second-order valence-electron chi connectivity index (χ2n) is 24.1.